The summed E-state index contributed by atoms with van der Waals surface area (Å²) in [6.07, 6.45) is 0. The predicted molar refractivity (Wildman–Crippen MR) is 76.5 cm³/mol. The zero-order valence-electron chi connectivity index (χ0n) is 10.4. The van der Waals surface area contributed by atoms with Crippen molar-refractivity contribution in [1.82, 2.24) is 0 Å². The van der Waals surface area contributed by atoms with E-state index in [9.17, 15) is 4.79 Å². The molecule has 2 aromatic carbocycles. The second kappa shape index (κ2) is 6.38. The molecule has 0 saturated carbocycles. The molecule has 0 aliphatic rings. The summed E-state index contributed by atoms with van der Waals surface area (Å²) in [7, 11) is 0. The Bertz CT molecular complexity index is 581. The molecule has 0 aliphatic carbocycles. The number of ether oxygens (including phenoxy) is 2. The lowest BCUT2D eigenvalue weighted by atomic mass is 10.2. The Morgan fingerprint density at radius 2 is 1.95 bits per heavy atom. The number of rotatable bonds is 4. The molecule has 0 heterocycles. The third kappa shape index (κ3) is 4.10. The average molecular weight is 321 g/mol. The SMILES string of the molecule is Cc1ccccc1OC(=O)COc1cccc(Br)c1. The fourth-order valence-corrected chi connectivity index (χ4v) is 1.90. The molecule has 0 saturated heterocycles. The highest BCUT2D eigenvalue weighted by molar-refractivity contribution is 9.10. The maximum absolute atomic E-state index is 11.7. The van der Waals surface area contributed by atoms with Crippen LogP contribution >= 0.6 is 15.9 Å². The Kier molecular flexibility index (Phi) is 4.58. The Labute approximate surface area is 120 Å². The van der Waals surface area contributed by atoms with E-state index in [0.29, 0.717) is 11.5 Å². The first kappa shape index (κ1) is 13.6. The standard InChI is InChI=1S/C15H13BrO3/c1-11-5-2-3-8-14(11)19-15(17)10-18-13-7-4-6-12(16)9-13/h2-9H,10H2,1H3. The minimum Gasteiger partial charge on any atom is -0.482 e. The minimum absolute atomic E-state index is 0.120. The monoisotopic (exact) mass is 320 g/mol. The quantitative estimate of drug-likeness (QED) is 0.636. The highest BCUT2D eigenvalue weighted by Crippen LogP contribution is 2.19. The van der Waals surface area contributed by atoms with Crippen molar-refractivity contribution in [2.75, 3.05) is 6.61 Å². The zero-order chi connectivity index (χ0) is 13.7. The third-order valence-corrected chi connectivity index (χ3v) is 2.96. The topological polar surface area (TPSA) is 35.5 Å². The molecule has 0 atom stereocenters. The molecule has 2 rings (SSSR count). The largest absolute Gasteiger partial charge is 0.482 e. The molecular formula is C15H13BrO3. The molecule has 0 N–H and O–H groups in total. The van der Waals surface area contributed by atoms with Gasteiger partial charge in [0.25, 0.3) is 0 Å². The van der Waals surface area contributed by atoms with E-state index in [0.717, 1.165) is 10.0 Å². The van der Waals surface area contributed by atoms with E-state index in [2.05, 4.69) is 15.9 Å². The first-order valence-corrected chi connectivity index (χ1v) is 6.59. The van der Waals surface area contributed by atoms with E-state index in [4.69, 9.17) is 9.47 Å². The van der Waals surface area contributed by atoms with E-state index < -0.39 is 5.97 Å². The maximum Gasteiger partial charge on any atom is 0.349 e. The van der Waals surface area contributed by atoms with Crippen molar-refractivity contribution in [3.05, 3.63) is 58.6 Å². The van der Waals surface area contributed by atoms with Gasteiger partial charge in [-0.25, -0.2) is 4.79 Å². The van der Waals surface area contributed by atoms with E-state index in [1.165, 1.54) is 0 Å². The van der Waals surface area contributed by atoms with Crippen molar-refractivity contribution >= 4 is 21.9 Å². The van der Waals surface area contributed by atoms with Crippen LogP contribution in [0.25, 0.3) is 0 Å². The van der Waals surface area contributed by atoms with Crippen LogP contribution in [0.4, 0.5) is 0 Å². The molecular weight excluding hydrogens is 308 g/mol. The predicted octanol–water partition coefficient (Wildman–Crippen LogP) is 3.74. The average Bonchev–Trinajstić information content (AvgIpc) is 2.39. The molecule has 19 heavy (non-hydrogen) atoms. The van der Waals surface area contributed by atoms with Crippen molar-refractivity contribution in [3.8, 4) is 11.5 Å². The van der Waals surface area contributed by atoms with Crippen molar-refractivity contribution in [3.63, 3.8) is 0 Å². The Hall–Kier alpha value is -1.81. The zero-order valence-corrected chi connectivity index (χ0v) is 12.0. The fourth-order valence-electron chi connectivity index (χ4n) is 1.52. The summed E-state index contributed by atoms with van der Waals surface area (Å²) in [5.41, 5.74) is 0.915. The number of carbonyl (C=O) groups excluding carboxylic acids is 1. The summed E-state index contributed by atoms with van der Waals surface area (Å²) in [5, 5.41) is 0. The molecule has 0 spiro atoms. The summed E-state index contributed by atoms with van der Waals surface area (Å²) >= 11 is 3.34. The number of carbonyl (C=O) groups is 1. The summed E-state index contributed by atoms with van der Waals surface area (Å²) < 4.78 is 11.5. The van der Waals surface area contributed by atoms with Crippen molar-refractivity contribution < 1.29 is 14.3 Å². The van der Waals surface area contributed by atoms with Crippen LogP contribution in [-0.2, 0) is 4.79 Å². The highest BCUT2D eigenvalue weighted by Gasteiger charge is 2.07. The van der Waals surface area contributed by atoms with Gasteiger partial charge in [0.15, 0.2) is 6.61 Å². The number of esters is 1. The number of benzene rings is 2. The van der Waals surface area contributed by atoms with Crippen LogP contribution in [-0.4, -0.2) is 12.6 Å². The number of hydrogen-bond acceptors (Lipinski definition) is 3. The van der Waals surface area contributed by atoms with E-state index in [1.807, 2.05) is 37.3 Å². The van der Waals surface area contributed by atoms with Gasteiger partial charge in [0.1, 0.15) is 11.5 Å². The molecule has 0 radical (unpaired) electrons. The second-order valence-corrected chi connectivity index (χ2v) is 4.90. The van der Waals surface area contributed by atoms with Gasteiger partial charge in [-0.2, -0.15) is 0 Å². The number of halogens is 1. The number of aryl methyl sites for hydroxylation is 1. The highest BCUT2D eigenvalue weighted by atomic mass is 79.9. The van der Waals surface area contributed by atoms with Gasteiger partial charge < -0.3 is 9.47 Å². The molecule has 4 heteroatoms. The summed E-state index contributed by atoms with van der Waals surface area (Å²) in [4.78, 5) is 11.7. The summed E-state index contributed by atoms with van der Waals surface area (Å²) in [5.74, 6) is 0.760. The minimum atomic E-state index is -0.422. The van der Waals surface area contributed by atoms with E-state index in [1.54, 1.807) is 18.2 Å². The molecule has 0 bridgehead atoms. The van der Waals surface area contributed by atoms with Crippen molar-refractivity contribution in [2.24, 2.45) is 0 Å². The molecule has 2 aromatic rings. The molecule has 0 aromatic heterocycles. The van der Waals surface area contributed by atoms with Gasteiger partial charge >= 0.3 is 5.97 Å². The second-order valence-electron chi connectivity index (χ2n) is 3.99. The molecule has 0 fully saturated rings. The Morgan fingerprint density at radius 1 is 1.16 bits per heavy atom. The van der Waals surface area contributed by atoms with Gasteiger partial charge in [-0.1, -0.05) is 40.2 Å². The summed E-state index contributed by atoms with van der Waals surface area (Å²) in [6.45, 7) is 1.77. The normalized spacial score (nSPS) is 10.0. The van der Waals surface area contributed by atoms with Gasteiger partial charge in [0.2, 0.25) is 0 Å². The Balaban J connectivity index is 1.90. The van der Waals surface area contributed by atoms with Crippen LogP contribution in [0.2, 0.25) is 0 Å². The molecule has 3 nitrogen and oxygen atoms in total. The van der Waals surface area contributed by atoms with Crippen LogP contribution in [0.15, 0.2) is 53.0 Å². The lowest BCUT2D eigenvalue weighted by Crippen LogP contribution is -2.18. The molecule has 0 amide bonds. The number of para-hydroxylation sites is 1. The number of hydrogen-bond donors (Lipinski definition) is 0. The fraction of sp³-hybridized carbons (Fsp3) is 0.133. The third-order valence-electron chi connectivity index (χ3n) is 2.47. The first-order chi connectivity index (χ1) is 9.15. The lowest BCUT2D eigenvalue weighted by Gasteiger charge is -2.08. The molecule has 0 unspecified atom stereocenters. The van der Waals surface area contributed by atoms with Gasteiger partial charge in [-0.05, 0) is 36.8 Å². The van der Waals surface area contributed by atoms with Gasteiger partial charge in [0.05, 0.1) is 0 Å². The Morgan fingerprint density at radius 3 is 2.68 bits per heavy atom. The van der Waals surface area contributed by atoms with E-state index >= 15 is 0 Å². The van der Waals surface area contributed by atoms with Crippen molar-refractivity contribution in [1.29, 1.82) is 0 Å². The van der Waals surface area contributed by atoms with Crippen LogP contribution in [0, 0.1) is 6.92 Å². The van der Waals surface area contributed by atoms with Crippen LogP contribution in [0.5, 0.6) is 11.5 Å². The molecule has 0 aliphatic heterocycles. The van der Waals surface area contributed by atoms with Crippen LogP contribution < -0.4 is 9.47 Å². The smallest absolute Gasteiger partial charge is 0.349 e. The first-order valence-electron chi connectivity index (χ1n) is 5.80. The van der Waals surface area contributed by atoms with E-state index in [-0.39, 0.29) is 6.61 Å². The van der Waals surface area contributed by atoms with Crippen molar-refractivity contribution in [2.45, 2.75) is 6.92 Å². The van der Waals surface area contributed by atoms with Gasteiger partial charge in [-0.15, -0.1) is 0 Å². The maximum atomic E-state index is 11.7. The van der Waals surface area contributed by atoms with Gasteiger partial charge in [-0.3, -0.25) is 0 Å². The molecule has 98 valence electrons. The van der Waals surface area contributed by atoms with Crippen LogP contribution in [0.3, 0.4) is 0 Å². The lowest BCUT2D eigenvalue weighted by molar-refractivity contribution is -0.136. The van der Waals surface area contributed by atoms with Crippen LogP contribution in [0.1, 0.15) is 5.56 Å². The van der Waals surface area contributed by atoms with Gasteiger partial charge in [0, 0.05) is 4.47 Å². The summed E-state index contributed by atoms with van der Waals surface area (Å²) in [6, 6.07) is 14.7.